The molecule has 0 aliphatic heterocycles. The molecule has 0 saturated heterocycles. The number of rotatable bonds is 10. The van der Waals surface area contributed by atoms with Crippen molar-refractivity contribution in [1.82, 2.24) is 9.97 Å². The van der Waals surface area contributed by atoms with Gasteiger partial charge in [0.05, 0.1) is 17.1 Å². The molecule has 1 N–H and O–H groups in total. The van der Waals surface area contributed by atoms with E-state index in [1.807, 2.05) is 48.5 Å². The molecule has 10 aromatic rings. The maximum Gasteiger partial charge on any atom is 0.160 e. The quantitative estimate of drug-likeness (QED) is 0.140. The lowest BCUT2D eigenvalue weighted by molar-refractivity contribution is 1.18. The maximum atomic E-state index is 9.06. The van der Waals surface area contributed by atoms with Crippen LogP contribution >= 0.6 is 0 Å². The average molecular weight is 792 g/mol. The molecule has 1 heterocycles. The highest BCUT2D eigenvalue weighted by Gasteiger charge is 2.16. The van der Waals surface area contributed by atoms with E-state index in [0.717, 1.165) is 94.5 Å². The molecule has 0 atom stereocenters. The van der Waals surface area contributed by atoms with E-state index in [2.05, 4.69) is 194 Å². The largest absolute Gasteiger partial charge is 0.300 e. The van der Waals surface area contributed by atoms with Crippen LogP contribution in [0.2, 0.25) is 0 Å². The summed E-state index contributed by atoms with van der Waals surface area (Å²) in [5.41, 5.74) is 16.0. The summed E-state index contributed by atoms with van der Waals surface area (Å²) in [7, 11) is 0. The molecule has 3 nitrogen and oxygen atoms in total. The third-order valence-corrected chi connectivity index (χ3v) is 11.3. The zero-order valence-electron chi connectivity index (χ0n) is 34.0. The topological polar surface area (TPSA) is 49.6 Å². The summed E-state index contributed by atoms with van der Waals surface area (Å²) in [4.78, 5) is 10.5. The fourth-order valence-corrected chi connectivity index (χ4v) is 8.13. The van der Waals surface area contributed by atoms with Crippen LogP contribution in [0.15, 0.2) is 243 Å². The van der Waals surface area contributed by atoms with Gasteiger partial charge in [-0.05, 0) is 103 Å². The number of aromatic nitrogens is 2. The van der Waals surface area contributed by atoms with Gasteiger partial charge in [0.1, 0.15) is 0 Å². The van der Waals surface area contributed by atoms with Crippen molar-refractivity contribution in [2.75, 3.05) is 0 Å². The lowest BCUT2D eigenvalue weighted by atomic mass is 9.90. The second kappa shape index (κ2) is 17.1. The molecule has 0 spiro atoms. The van der Waals surface area contributed by atoms with Crippen molar-refractivity contribution >= 4 is 22.1 Å². The van der Waals surface area contributed by atoms with E-state index >= 15 is 0 Å². The number of benzene rings is 9. The summed E-state index contributed by atoms with van der Waals surface area (Å²) in [5, 5.41) is 11.3. The summed E-state index contributed by atoms with van der Waals surface area (Å²) in [6, 6.07) is 82.2. The monoisotopic (exact) mass is 791 g/mol. The Morgan fingerprint density at radius 2 is 0.806 bits per heavy atom. The molecule has 62 heavy (non-hydrogen) atoms. The second-order valence-electron chi connectivity index (χ2n) is 15.4. The fourth-order valence-electron chi connectivity index (χ4n) is 8.13. The molecule has 0 radical (unpaired) electrons. The first-order chi connectivity index (χ1) is 30.6. The molecule has 0 unspecified atom stereocenters. The molecule has 292 valence electrons. The third kappa shape index (κ3) is 8.03. The lowest BCUT2D eigenvalue weighted by Crippen LogP contribution is -1.98. The Hall–Kier alpha value is -8.27. The first-order valence-corrected chi connectivity index (χ1v) is 20.9. The van der Waals surface area contributed by atoms with Crippen LogP contribution in [-0.4, -0.2) is 15.7 Å². The predicted molar refractivity (Wildman–Crippen MR) is 259 cm³/mol. The zero-order valence-corrected chi connectivity index (χ0v) is 34.0. The Balaban J connectivity index is 1.06. The minimum absolute atomic E-state index is 0.468. The van der Waals surface area contributed by atoms with Crippen LogP contribution in [0.25, 0.3) is 83.6 Å². The molecule has 0 bridgehead atoms. The summed E-state index contributed by atoms with van der Waals surface area (Å²) >= 11 is 0. The molecule has 0 saturated carbocycles. The summed E-state index contributed by atoms with van der Waals surface area (Å²) in [5.74, 6) is 0.665. The molecule has 0 fully saturated rings. The predicted octanol–water partition coefficient (Wildman–Crippen LogP) is 15.1. The number of allylic oxidation sites excluding steroid dienone is 1. The highest BCUT2D eigenvalue weighted by atomic mass is 14.9. The van der Waals surface area contributed by atoms with Gasteiger partial charge >= 0.3 is 0 Å². The Labute approximate surface area is 362 Å². The SMILES string of the molecule is N=C(/C=C(/c1ccccc1)c1cccc2ccc(-c3ccc(-c4nc(-c5ccccc5)cc(-c5cc(-c6ccccc6)cc(-c6ccccc6)c5)n4)cc3)cc12)c1ccccc1. The number of hydrogen-bond acceptors (Lipinski definition) is 3. The van der Waals surface area contributed by atoms with E-state index < -0.39 is 0 Å². The van der Waals surface area contributed by atoms with Gasteiger partial charge in [0.15, 0.2) is 5.82 Å². The molecular formula is C59H41N3. The Morgan fingerprint density at radius 3 is 1.40 bits per heavy atom. The summed E-state index contributed by atoms with van der Waals surface area (Å²) in [6.07, 6.45) is 2.00. The molecule has 0 amide bonds. The van der Waals surface area contributed by atoms with E-state index in [9.17, 15) is 0 Å². The van der Waals surface area contributed by atoms with Gasteiger partial charge in [-0.2, -0.15) is 0 Å². The van der Waals surface area contributed by atoms with E-state index in [0.29, 0.717) is 11.5 Å². The number of hydrogen-bond donors (Lipinski definition) is 1. The van der Waals surface area contributed by atoms with Crippen molar-refractivity contribution in [2.24, 2.45) is 0 Å². The van der Waals surface area contributed by atoms with Crippen LogP contribution in [-0.2, 0) is 0 Å². The Kier molecular flexibility index (Phi) is 10.5. The average Bonchev–Trinajstić information content (AvgIpc) is 3.36. The second-order valence-corrected chi connectivity index (χ2v) is 15.4. The van der Waals surface area contributed by atoms with Gasteiger partial charge in [-0.3, -0.25) is 0 Å². The first-order valence-electron chi connectivity index (χ1n) is 20.9. The van der Waals surface area contributed by atoms with Crippen LogP contribution in [0.3, 0.4) is 0 Å². The highest BCUT2D eigenvalue weighted by Crippen LogP contribution is 2.37. The van der Waals surface area contributed by atoms with Gasteiger partial charge in [0.25, 0.3) is 0 Å². The molecule has 3 heteroatoms. The van der Waals surface area contributed by atoms with Crippen molar-refractivity contribution in [2.45, 2.75) is 0 Å². The molecule has 1 aromatic heterocycles. The standard InChI is InChI=1S/C59H41N3/c60-56(46-23-12-4-13-24-46)39-55(44-21-10-3-11-22-44)53-28-16-27-45-31-34-49(38-54(45)53)43-29-32-48(33-30-43)59-61-57(47-25-14-5-15-26-47)40-58(62-59)52-36-50(41-17-6-1-7-18-41)35-51(37-52)42-19-8-2-9-20-42/h1-40,60H/b55-39-,60-56?. The van der Waals surface area contributed by atoms with Gasteiger partial charge in [-0.25, -0.2) is 9.97 Å². The van der Waals surface area contributed by atoms with E-state index in [-0.39, 0.29) is 0 Å². The van der Waals surface area contributed by atoms with Gasteiger partial charge in [-0.1, -0.05) is 206 Å². The van der Waals surface area contributed by atoms with E-state index in [1.54, 1.807) is 0 Å². The van der Waals surface area contributed by atoms with Crippen molar-refractivity contribution < 1.29 is 0 Å². The van der Waals surface area contributed by atoms with Crippen molar-refractivity contribution in [3.05, 3.63) is 259 Å². The third-order valence-electron chi connectivity index (χ3n) is 11.3. The van der Waals surface area contributed by atoms with Crippen LogP contribution in [0.5, 0.6) is 0 Å². The van der Waals surface area contributed by atoms with E-state index in [1.165, 1.54) is 0 Å². The molecule has 10 rings (SSSR count). The molecule has 0 aliphatic carbocycles. The van der Waals surface area contributed by atoms with Gasteiger partial charge in [-0.15, -0.1) is 0 Å². The number of nitrogens with zero attached hydrogens (tertiary/aromatic N) is 2. The minimum atomic E-state index is 0.468. The Morgan fingerprint density at radius 1 is 0.339 bits per heavy atom. The van der Waals surface area contributed by atoms with Crippen LogP contribution < -0.4 is 0 Å². The van der Waals surface area contributed by atoms with Gasteiger partial charge in [0, 0.05) is 16.7 Å². The van der Waals surface area contributed by atoms with Crippen LogP contribution in [0.4, 0.5) is 0 Å². The van der Waals surface area contributed by atoms with Crippen molar-refractivity contribution in [3.63, 3.8) is 0 Å². The number of fused-ring (bicyclic) bond motifs is 1. The van der Waals surface area contributed by atoms with Crippen LogP contribution in [0.1, 0.15) is 16.7 Å². The van der Waals surface area contributed by atoms with E-state index in [4.69, 9.17) is 15.4 Å². The highest BCUT2D eigenvalue weighted by molar-refractivity contribution is 6.14. The van der Waals surface area contributed by atoms with Gasteiger partial charge < -0.3 is 5.41 Å². The lowest BCUT2D eigenvalue weighted by Gasteiger charge is -2.14. The molecule has 0 aliphatic rings. The van der Waals surface area contributed by atoms with Crippen LogP contribution in [0, 0.1) is 5.41 Å². The summed E-state index contributed by atoms with van der Waals surface area (Å²) < 4.78 is 0. The maximum absolute atomic E-state index is 9.06. The zero-order chi connectivity index (χ0) is 41.7. The van der Waals surface area contributed by atoms with Crippen molar-refractivity contribution in [1.29, 1.82) is 5.41 Å². The Bertz CT molecular complexity index is 3140. The number of nitrogens with one attached hydrogen (secondary N) is 1. The van der Waals surface area contributed by atoms with Gasteiger partial charge in [0.2, 0.25) is 0 Å². The van der Waals surface area contributed by atoms with Crippen molar-refractivity contribution in [3.8, 4) is 67.3 Å². The fraction of sp³-hybridized carbons (Fsp3) is 0. The smallest absolute Gasteiger partial charge is 0.160 e. The molecular weight excluding hydrogens is 751 g/mol. The minimum Gasteiger partial charge on any atom is -0.300 e. The normalized spacial score (nSPS) is 11.4. The summed E-state index contributed by atoms with van der Waals surface area (Å²) in [6.45, 7) is 0. The molecule has 9 aromatic carbocycles. The first kappa shape index (κ1) is 38.0.